The third-order valence-corrected chi connectivity index (χ3v) is 10.8. The largest absolute Gasteiger partial charge is 0.476 e. The fraction of sp³-hybridized carbons (Fsp3) is 0.649. The number of nitrogens with zero attached hydrogens (tertiary/aromatic N) is 5. The number of thiazole rings is 1. The molecule has 1 fully saturated rings. The summed E-state index contributed by atoms with van der Waals surface area (Å²) in [7, 11) is 2.33. The molecule has 1 saturated heterocycles. The van der Waals surface area contributed by atoms with E-state index < -0.39 is 17.8 Å². The van der Waals surface area contributed by atoms with Crippen LogP contribution in [0.3, 0.4) is 0 Å². The number of rotatable bonds is 15. The Bertz CT molecular complexity index is 1400. The minimum Gasteiger partial charge on any atom is -0.476 e. The Hall–Kier alpha value is -2.76. The second kappa shape index (κ2) is 18.9. The summed E-state index contributed by atoms with van der Waals surface area (Å²) >= 11 is 1.37. The van der Waals surface area contributed by atoms with Crippen LogP contribution in [0.25, 0.3) is 0 Å². The molecule has 11 heteroatoms. The van der Waals surface area contributed by atoms with Crippen LogP contribution >= 0.6 is 11.3 Å². The highest BCUT2D eigenvalue weighted by molar-refractivity contribution is 7.09. The van der Waals surface area contributed by atoms with Crippen molar-refractivity contribution in [1.82, 2.24) is 24.6 Å². The zero-order chi connectivity index (χ0) is 34.5. The fourth-order valence-electron chi connectivity index (χ4n) is 6.93. The summed E-state index contributed by atoms with van der Waals surface area (Å²) < 4.78 is 39.5. The average Bonchev–Trinajstić information content (AvgIpc) is 3.73. The normalized spacial score (nSPS) is 17.3. The van der Waals surface area contributed by atoms with E-state index in [-0.39, 0.29) is 11.6 Å². The zero-order valence-electron chi connectivity index (χ0n) is 29.0. The number of carbonyl (C=O) groups is 1. The van der Waals surface area contributed by atoms with Crippen molar-refractivity contribution in [3.8, 4) is 0 Å². The molecule has 48 heavy (non-hydrogen) atoms. The standard InChI is InChI=1S/C21H35N.C16H19F3N4O2S/c1-3-4-5-6-7-8-9-12-18-22(2)21-17-13-15-19-14-10-11-16-20(19)21;1-10-8-13(16(17,18)19)21-23(10)7-6-22-4-2-11(3-5-22)14-20-12(9-26-14)15(24)25/h10-11,14,16,21H,3-9,12-13,15,17-18H2,1-2H3;8-9,11H,2-7H2,1H3,(H,24,25)/t21-;/m1./s1. The van der Waals surface area contributed by atoms with Gasteiger partial charge in [0, 0.05) is 29.6 Å². The van der Waals surface area contributed by atoms with Gasteiger partial charge in [0.05, 0.1) is 11.6 Å². The quantitative estimate of drug-likeness (QED) is 0.160. The second-order valence-corrected chi connectivity index (χ2v) is 14.3. The molecule has 3 aromatic rings. The zero-order valence-corrected chi connectivity index (χ0v) is 29.8. The first-order chi connectivity index (χ1) is 23.1. The van der Waals surface area contributed by atoms with E-state index in [1.54, 1.807) is 23.4 Å². The van der Waals surface area contributed by atoms with Gasteiger partial charge in [-0.1, -0.05) is 76.1 Å². The number of hydrogen-bond donors (Lipinski definition) is 1. The maximum Gasteiger partial charge on any atom is 0.435 e. The number of aryl methyl sites for hydroxylation is 2. The number of likely N-dealkylation sites (tertiary alicyclic amines) is 1. The van der Waals surface area contributed by atoms with Gasteiger partial charge < -0.3 is 10.0 Å². The molecule has 0 bridgehead atoms. The molecule has 7 nitrogen and oxygen atoms in total. The molecule has 1 N–H and O–H groups in total. The first-order valence-corrected chi connectivity index (χ1v) is 18.8. The average molecular weight is 690 g/mol. The van der Waals surface area contributed by atoms with Crippen LogP contribution in [0.5, 0.6) is 0 Å². The number of halogens is 3. The van der Waals surface area contributed by atoms with Crippen LogP contribution in [-0.4, -0.2) is 68.9 Å². The number of carboxylic acids is 1. The first kappa shape index (κ1) is 38.0. The summed E-state index contributed by atoms with van der Waals surface area (Å²) in [4.78, 5) is 19.9. The second-order valence-electron chi connectivity index (χ2n) is 13.4. The molecule has 0 amide bonds. The minimum absolute atomic E-state index is 0.0852. The van der Waals surface area contributed by atoms with Gasteiger partial charge in [0.2, 0.25) is 0 Å². The number of unbranched alkanes of at least 4 members (excludes halogenated alkanes) is 7. The molecule has 0 saturated carbocycles. The van der Waals surface area contributed by atoms with Gasteiger partial charge in [0.25, 0.3) is 0 Å². The monoisotopic (exact) mass is 689 g/mol. The SMILES string of the molecule is CCCCCCCCCCN(C)[C@@H]1CCCc2ccccc21.Cc1cc(C(F)(F)F)nn1CCN1CCC(c2nc(C(=O)O)cs2)CC1. The molecule has 266 valence electrons. The van der Waals surface area contributed by atoms with E-state index in [1.807, 2.05) is 0 Å². The molecule has 2 aromatic heterocycles. The van der Waals surface area contributed by atoms with Crippen LogP contribution < -0.4 is 0 Å². The maximum absolute atomic E-state index is 12.7. The van der Waals surface area contributed by atoms with Crippen LogP contribution in [0.4, 0.5) is 13.2 Å². The number of piperidine rings is 1. The van der Waals surface area contributed by atoms with Crippen molar-refractivity contribution in [2.45, 2.75) is 122 Å². The van der Waals surface area contributed by atoms with Gasteiger partial charge in [0.1, 0.15) is 0 Å². The lowest BCUT2D eigenvalue weighted by atomic mass is 9.87. The van der Waals surface area contributed by atoms with Gasteiger partial charge in [-0.05, 0) is 89.3 Å². The Balaban J connectivity index is 0.000000220. The number of aromatic carboxylic acids is 1. The van der Waals surface area contributed by atoms with Gasteiger partial charge in [-0.2, -0.15) is 18.3 Å². The predicted octanol–water partition coefficient (Wildman–Crippen LogP) is 9.38. The highest BCUT2D eigenvalue weighted by Gasteiger charge is 2.34. The number of aromatic nitrogens is 3. The van der Waals surface area contributed by atoms with E-state index >= 15 is 0 Å². The highest BCUT2D eigenvalue weighted by Crippen LogP contribution is 2.34. The fourth-order valence-corrected chi connectivity index (χ4v) is 7.89. The molecule has 0 unspecified atom stereocenters. The van der Waals surface area contributed by atoms with Crippen molar-refractivity contribution in [3.63, 3.8) is 0 Å². The van der Waals surface area contributed by atoms with Gasteiger partial charge in [-0.15, -0.1) is 11.3 Å². The molecule has 3 heterocycles. The van der Waals surface area contributed by atoms with E-state index in [9.17, 15) is 18.0 Å². The highest BCUT2D eigenvalue weighted by atomic mass is 32.1. The summed E-state index contributed by atoms with van der Waals surface area (Å²) in [6.07, 6.45) is 12.6. The van der Waals surface area contributed by atoms with E-state index in [0.29, 0.717) is 24.8 Å². The molecule has 1 atom stereocenters. The number of alkyl halides is 3. The molecule has 1 aliphatic carbocycles. The number of benzene rings is 1. The number of carboxylic acid groups (broad SMARTS) is 1. The molecule has 0 spiro atoms. The summed E-state index contributed by atoms with van der Waals surface area (Å²) in [5.74, 6) is -0.773. The Labute approximate surface area is 288 Å². The minimum atomic E-state index is -4.42. The molecular formula is C37H54F3N5O2S. The molecule has 1 aliphatic heterocycles. The van der Waals surface area contributed by atoms with Crippen molar-refractivity contribution in [1.29, 1.82) is 0 Å². The summed E-state index contributed by atoms with van der Waals surface area (Å²) in [5, 5.41) is 15.0. The van der Waals surface area contributed by atoms with E-state index in [1.165, 1.54) is 93.2 Å². The summed E-state index contributed by atoms with van der Waals surface area (Å²) in [6, 6.07) is 10.8. The Morgan fingerprint density at radius 1 is 1.02 bits per heavy atom. The van der Waals surface area contributed by atoms with E-state index in [4.69, 9.17) is 5.11 Å². The van der Waals surface area contributed by atoms with Crippen molar-refractivity contribution >= 4 is 17.3 Å². The van der Waals surface area contributed by atoms with Crippen molar-refractivity contribution in [3.05, 3.63) is 68.9 Å². The molecule has 1 aromatic carbocycles. The van der Waals surface area contributed by atoms with Gasteiger partial charge in [0.15, 0.2) is 11.4 Å². The molecular weight excluding hydrogens is 636 g/mol. The Morgan fingerprint density at radius 3 is 2.35 bits per heavy atom. The van der Waals surface area contributed by atoms with E-state index in [0.717, 1.165) is 37.0 Å². The third kappa shape index (κ3) is 11.4. The number of hydrogen-bond acceptors (Lipinski definition) is 6. The van der Waals surface area contributed by atoms with Gasteiger partial charge in [-0.25, -0.2) is 9.78 Å². The smallest absolute Gasteiger partial charge is 0.435 e. The topological polar surface area (TPSA) is 74.5 Å². The predicted molar refractivity (Wildman–Crippen MR) is 187 cm³/mol. The van der Waals surface area contributed by atoms with E-state index in [2.05, 4.69) is 58.1 Å². The number of fused-ring (bicyclic) bond motifs is 1. The van der Waals surface area contributed by atoms with Crippen LogP contribution in [0.2, 0.25) is 0 Å². The third-order valence-electron chi connectivity index (χ3n) is 9.81. The van der Waals surface area contributed by atoms with Gasteiger partial charge in [-0.3, -0.25) is 9.58 Å². The van der Waals surface area contributed by atoms with Crippen molar-refractivity contribution < 1.29 is 23.1 Å². The maximum atomic E-state index is 12.7. The van der Waals surface area contributed by atoms with Crippen LogP contribution in [0.15, 0.2) is 35.7 Å². The van der Waals surface area contributed by atoms with Crippen LogP contribution in [0, 0.1) is 6.92 Å². The van der Waals surface area contributed by atoms with Crippen molar-refractivity contribution in [2.75, 3.05) is 33.2 Å². The lowest BCUT2D eigenvalue weighted by Crippen LogP contribution is -2.35. The Kier molecular flexibility index (Phi) is 14.9. The molecule has 0 radical (unpaired) electrons. The lowest BCUT2D eigenvalue weighted by molar-refractivity contribution is -0.141. The molecule has 5 rings (SSSR count). The summed E-state index contributed by atoms with van der Waals surface area (Å²) in [5.41, 5.74) is 2.90. The summed E-state index contributed by atoms with van der Waals surface area (Å²) in [6.45, 7) is 7.82. The van der Waals surface area contributed by atoms with Crippen LogP contribution in [0.1, 0.15) is 134 Å². The van der Waals surface area contributed by atoms with Gasteiger partial charge >= 0.3 is 12.1 Å². The molecule has 2 aliphatic rings. The van der Waals surface area contributed by atoms with Crippen LogP contribution in [-0.2, 0) is 19.1 Å². The Morgan fingerprint density at radius 2 is 1.71 bits per heavy atom. The first-order valence-electron chi connectivity index (χ1n) is 17.9. The van der Waals surface area contributed by atoms with Crippen molar-refractivity contribution in [2.24, 2.45) is 0 Å². The lowest BCUT2D eigenvalue weighted by Gasteiger charge is -2.33.